The van der Waals surface area contributed by atoms with E-state index in [1.54, 1.807) is 12.1 Å². The molecule has 1 atom stereocenters. The number of aromatic nitrogens is 3. The van der Waals surface area contributed by atoms with E-state index >= 15 is 0 Å². The average Bonchev–Trinajstić information content (AvgIpc) is 3.09. The molecule has 1 amide bonds. The first-order valence-corrected chi connectivity index (χ1v) is 11.1. The van der Waals surface area contributed by atoms with Gasteiger partial charge in [-0.05, 0) is 37.1 Å². The molecule has 7 nitrogen and oxygen atoms in total. The summed E-state index contributed by atoms with van der Waals surface area (Å²) in [6.45, 7) is 4.59. The number of sulfone groups is 1. The fourth-order valence-electron chi connectivity index (χ4n) is 3.16. The fraction of sp³-hybridized carbons (Fsp3) is 0.526. The van der Waals surface area contributed by atoms with Crippen molar-refractivity contribution >= 4 is 15.7 Å². The molecule has 3 rings (SSSR count). The summed E-state index contributed by atoms with van der Waals surface area (Å²) in [5.74, 6) is 1.74. The molecule has 0 saturated heterocycles. The summed E-state index contributed by atoms with van der Waals surface area (Å²) in [6, 6.07) is 6.18. The Hall–Kier alpha value is -2.22. The summed E-state index contributed by atoms with van der Waals surface area (Å²) in [5, 5.41) is 7.47. The minimum Gasteiger partial charge on any atom is -0.347 e. The number of amides is 1. The number of hydrogen-bond donors (Lipinski definition) is 1. The number of rotatable bonds is 7. The summed E-state index contributed by atoms with van der Waals surface area (Å²) in [6.07, 6.45) is 3.86. The second kappa shape index (κ2) is 8.21. The van der Waals surface area contributed by atoms with Gasteiger partial charge in [0.25, 0.3) is 5.91 Å². The van der Waals surface area contributed by atoms with Gasteiger partial charge in [-0.3, -0.25) is 4.79 Å². The third kappa shape index (κ3) is 4.55. The van der Waals surface area contributed by atoms with E-state index in [0.29, 0.717) is 18.5 Å². The maximum atomic E-state index is 12.5. The first kappa shape index (κ1) is 19.5. The average molecular weight is 391 g/mol. The van der Waals surface area contributed by atoms with Crippen molar-refractivity contribution in [1.82, 2.24) is 20.1 Å². The first-order valence-electron chi connectivity index (χ1n) is 9.49. The molecule has 0 aliphatic carbocycles. The van der Waals surface area contributed by atoms with E-state index < -0.39 is 9.84 Å². The molecule has 146 valence electrons. The van der Waals surface area contributed by atoms with Crippen LogP contribution in [0.4, 0.5) is 0 Å². The highest BCUT2D eigenvalue weighted by Crippen LogP contribution is 2.16. The van der Waals surface area contributed by atoms with Gasteiger partial charge >= 0.3 is 0 Å². The Morgan fingerprint density at radius 1 is 1.26 bits per heavy atom. The molecule has 27 heavy (non-hydrogen) atoms. The van der Waals surface area contributed by atoms with Gasteiger partial charge in [0.2, 0.25) is 0 Å². The van der Waals surface area contributed by atoms with Gasteiger partial charge in [0.05, 0.1) is 17.2 Å². The van der Waals surface area contributed by atoms with Crippen LogP contribution >= 0.6 is 0 Å². The molecule has 0 radical (unpaired) electrons. The third-order valence-corrected chi connectivity index (χ3v) is 6.61. The topological polar surface area (TPSA) is 93.9 Å². The van der Waals surface area contributed by atoms with Crippen LogP contribution in [0.5, 0.6) is 0 Å². The van der Waals surface area contributed by atoms with Crippen molar-refractivity contribution < 1.29 is 13.2 Å². The van der Waals surface area contributed by atoms with Crippen molar-refractivity contribution in [1.29, 1.82) is 0 Å². The van der Waals surface area contributed by atoms with E-state index in [1.807, 2.05) is 18.5 Å². The zero-order chi connectivity index (χ0) is 19.4. The number of carbonyl (C=O) groups excluding carboxylic acids is 1. The molecule has 1 N–H and O–H groups in total. The predicted molar refractivity (Wildman–Crippen MR) is 102 cm³/mol. The van der Waals surface area contributed by atoms with Crippen LogP contribution in [0, 0.1) is 0 Å². The number of unbranched alkanes of at least 4 members (excludes halogenated alkanes) is 1. The van der Waals surface area contributed by atoms with Gasteiger partial charge in [-0.15, -0.1) is 0 Å². The smallest absolute Gasteiger partial charge is 0.251 e. The maximum absolute atomic E-state index is 12.5. The predicted octanol–water partition coefficient (Wildman–Crippen LogP) is 2.16. The molecule has 1 aromatic heterocycles. The third-order valence-electron chi connectivity index (χ3n) is 4.80. The van der Waals surface area contributed by atoms with Gasteiger partial charge < -0.3 is 5.32 Å². The van der Waals surface area contributed by atoms with Gasteiger partial charge in [0.15, 0.2) is 15.7 Å². The second-order valence-electron chi connectivity index (χ2n) is 6.89. The molecular formula is C19H26N4O3S. The molecule has 1 aliphatic heterocycles. The van der Waals surface area contributed by atoms with Crippen LogP contribution in [0.15, 0.2) is 29.2 Å². The van der Waals surface area contributed by atoms with E-state index in [0.717, 1.165) is 37.3 Å². The van der Waals surface area contributed by atoms with Crippen molar-refractivity contribution in [2.24, 2.45) is 0 Å². The molecule has 8 heteroatoms. The Balaban J connectivity index is 1.63. The minimum absolute atomic E-state index is 0.00984. The Bertz CT molecular complexity index is 904. The maximum Gasteiger partial charge on any atom is 0.251 e. The fourth-order valence-corrected chi connectivity index (χ4v) is 4.62. The molecule has 0 fully saturated rings. The normalized spacial score (nSPS) is 16.7. The minimum atomic E-state index is -3.28. The van der Waals surface area contributed by atoms with Crippen LogP contribution in [-0.4, -0.2) is 40.9 Å². The lowest BCUT2D eigenvalue weighted by molar-refractivity contribution is 0.0926. The molecule has 2 heterocycles. The first-order chi connectivity index (χ1) is 12.9. The summed E-state index contributed by atoms with van der Waals surface area (Å²) in [7, 11) is -3.28. The quantitative estimate of drug-likeness (QED) is 0.782. The highest BCUT2D eigenvalue weighted by atomic mass is 32.2. The molecular weight excluding hydrogens is 364 g/mol. The van der Waals surface area contributed by atoms with Crippen LogP contribution in [0.25, 0.3) is 0 Å². The molecule has 0 bridgehead atoms. The van der Waals surface area contributed by atoms with Crippen LogP contribution in [-0.2, 0) is 29.2 Å². The van der Waals surface area contributed by atoms with E-state index in [1.165, 1.54) is 12.1 Å². The summed E-state index contributed by atoms with van der Waals surface area (Å²) >= 11 is 0. The molecule has 1 unspecified atom stereocenters. The number of carbonyl (C=O) groups is 1. The van der Waals surface area contributed by atoms with Crippen LogP contribution in [0.2, 0.25) is 0 Å². The molecule has 1 aliphatic rings. The van der Waals surface area contributed by atoms with Crippen molar-refractivity contribution in [3.8, 4) is 0 Å². The zero-order valence-corrected chi connectivity index (χ0v) is 16.6. The van der Waals surface area contributed by atoms with Gasteiger partial charge in [-0.25, -0.2) is 18.1 Å². The Kier molecular flexibility index (Phi) is 5.94. The molecule has 0 spiro atoms. The van der Waals surface area contributed by atoms with Crippen LogP contribution in [0.1, 0.15) is 55.1 Å². The Morgan fingerprint density at radius 2 is 2.00 bits per heavy atom. The SMILES string of the molecule is CCCCS(=O)(=O)c1ccc(C(=O)NC2CCc3nc(CC)nn3C2)cc1. The highest BCUT2D eigenvalue weighted by Gasteiger charge is 2.23. The lowest BCUT2D eigenvalue weighted by atomic mass is 10.1. The van der Waals surface area contributed by atoms with Gasteiger partial charge in [-0.2, -0.15) is 5.10 Å². The molecule has 1 aromatic carbocycles. The number of fused-ring (bicyclic) bond motifs is 1. The Labute approximate surface area is 160 Å². The van der Waals surface area contributed by atoms with Gasteiger partial charge in [0.1, 0.15) is 5.82 Å². The van der Waals surface area contributed by atoms with Crippen molar-refractivity contribution in [2.45, 2.75) is 63.4 Å². The molecule has 2 aromatic rings. The number of nitrogens with zero attached hydrogens (tertiary/aromatic N) is 3. The highest BCUT2D eigenvalue weighted by molar-refractivity contribution is 7.91. The van der Waals surface area contributed by atoms with Crippen molar-refractivity contribution in [3.05, 3.63) is 41.5 Å². The van der Waals surface area contributed by atoms with E-state index in [9.17, 15) is 13.2 Å². The lowest BCUT2D eigenvalue weighted by Gasteiger charge is -2.23. The number of nitrogens with one attached hydrogen (secondary N) is 1. The molecule has 0 saturated carbocycles. The standard InChI is InChI=1S/C19H26N4O3S/c1-3-5-12-27(25,26)16-9-6-14(7-10-16)19(24)20-15-8-11-18-21-17(4-2)22-23(18)13-15/h6-7,9-10,15H,3-5,8,11-13H2,1-2H3,(H,20,24). The second-order valence-corrected chi connectivity index (χ2v) is 8.99. The number of benzene rings is 1. The van der Waals surface area contributed by atoms with Crippen molar-refractivity contribution in [2.75, 3.05) is 5.75 Å². The summed E-state index contributed by atoms with van der Waals surface area (Å²) in [4.78, 5) is 17.3. The summed E-state index contributed by atoms with van der Waals surface area (Å²) < 4.78 is 26.3. The number of aryl methyl sites for hydroxylation is 2. The number of hydrogen-bond acceptors (Lipinski definition) is 5. The summed E-state index contributed by atoms with van der Waals surface area (Å²) in [5.41, 5.74) is 0.461. The van der Waals surface area contributed by atoms with Crippen molar-refractivity contribution in [3.63, 3.8) is 0 Å². The van der Waals surface area contributed by atoms with Gasteiger partial charge in [-0.1, -0.05) is 20.3 Å². The van der Waals surface area contributed by atoms with Crippen LogP contribution in [0.3, 0.4) is 0 Å². The lowest BCUT2D eigenvalue weighted by Crippen LogP contribution is -2.41. The monoisotopic (exact) mass is 390 g/mol. The van der Waals surface area contributed by atoms with E-state index in [-0.39, 0.29) is 22.6 Å². The zero-order valence-electron chi connectivity index (χ0n) is 15.8. The van der Waals surface area contributed by atoms with Crippen LogP contribution < -0.4 is 5.32 Å². The van der Waals surface area contributed by atoms with E-state index in [2.05, 4.69) is 15.4 Å². The van der Waals surface area contributed by atoms with E-state index in [4.69, 9.17) is 0 Å². The largest absolute Gasteiger partial charge is 0.347 e. The van der Waals surface area contributed by atoms with Gasteiger partial charge in [0, 0.05) is 24.4 Å². The Morgan fingerprint density at radius 3 is 2.67 bits per heavy atom.